The number of Topliss-reactive ketones (excluding diaryl/α,β-unsaturated/α-hetero) is 1. The zero-order valence-electron chi connectivity index (χ0n) is 13.7. The molecule has 1 aromatic carbocycles. The zero-order chi connectivity index (χ0) is 18.3. The third kappa shape index (κ3) is 2.89. The first kappa shape index (κ1) is 16.8. The van der Waals surface area contributed by atoms with E-state index in [0.717, 1.165) is 15.3 Å². The first-order valence-electron chi connectivity index (χ1n) is 7.86. The summed E-state index contributed by atoms with van der Waals surface area (Å²) in [5, 5.41) is 2.41. The Labute approximate surface area is 156 Å². The summed E-state index contributed by atoms with van der Waals surface area (Å²) < 4.78 is 15.1. The number of hydrogen-bond acceptors (Lipinski definition) is 5. The molecule has 0 unspecified atom stereocenters. The van der Waals surface area contributed by atoms with Crippen molar-refractivity contribution >= 4 is 38.7 Å². The Bertz CT molecular complexity index is 1190. The molecular weight excluding hydrogens is 371 g/mol. The molecule has 4 aromatic rings. The standard InChI is InChI=1S/C19H13FN2O2S2/c1-11-6-7-16(26-11)13-9-25-18-17(13)19(24)22(10-21-18)8-15(23)12-4-2-3-5-14(12)20/h2-7,9-10H,8H2,1H3. The van der Waals surface area contributed by atoms with Crippen LogP contribution < -0.4 is 5.56 Å². The van der Waals surface area contributed by atoms with Crippen LogP contribution >= 0.6 is 22.7 Å². The Balaban J connectivity index is 1.77. The number of rotatable bonds is 4. The van der Waals surface area contributed by atoms with Gasteiger partial charge in [0.15, 0.2) is 5.78 Å². The average molecular weight is 384 g/mol. The van der Waals surface area contributed by atoms with Crippen molar-refractivity contribution in [3.8, 4) is 10.4 Å². The second kappa shape index (κ2) is 6.59. The molecule has 0 aliphatic rings. The van der Waals surface area contributed by atoms with E-state index in [1.807, 2.05) is 24.4 Å². The summed E-state index contributed by atoms with van der Waals surface area (Å²) in [7, 11) is 0. The normalized spacial score (nSPS) is 11.2. The van der Waals surface area contributed by atoms with Gasteiger partial charge in [-0.15, -0.1) is 22.7 Å². The quantitative estimate of drug-likeness (QED) is 0.486. The molecule has 0 amide bonds. The van der Waals surface area contributed by atoms with Crippen LogP contribution in [-0.2, 0) is 6.54 Å². The predicted molar refractivity (Wildman–Crippen MR) is 103 cm³/mol. The molecule has 0 saturated carbocycles. The molecule has 4 rings (SSSR count). The fourth-order valence-electron chi connectivity index (χ4n) is 2.77. The lowest BCUT2D eigenvalue weighted by Crippen LogP contribution is -2.25. The molecule has 0 N–H and O–H groups in total. The van der Waals surface area contributed by atoms with E-state index in [1.165, 1.54) is 40.4 Å². The van der Waals surface area contributed by atoms with Crippen LogP contribution in [0.2, 0.25) is 0 Å². The van der Waals surface area contributed by atoms with Crippen molar-refractivity contribution in [2.24, 2.45) is 0 Å². The van der Waals surface area contributed by atoms with Crippen LogP contribution in [-0.4, -0.2) is 15.3 Å². The smallest absolute Gasteiger partial charge is 0.263 e. The molecule has 0 radical (unpaired) electrons. The maximum absolute atomic E-state index is 13.8. The number of nitrogens with zero attached hydrogens (tertiary/aromatic N) is 2. The summed E-state index contributed by atoms with van der Waals surface area (Å²) >= 11 is 3.00. The van der Waals surface area contributed by atoms with Crippen molar-refractivity contribution in [3.05, 3.63) is 74.7 Å². The maximum Gasteiger partial charge on any atom is 0.263 e. The summed E-state index contributed by atoms with van der Waals surface area (Å²) in [6.07, 6.45) is 1.35. The molecule has 0 saturated heterocycles. The summed E-state index contributed by atoms with van der Waals surface area (Å²) in [5.41, 5.74) is 0.509. The zero-order valence-corrected chi connectivity index (χ0v) is 15.4. The molecule has 130 valence electrons. The second-order valence-corrected chi connectivity index (χ2v) is 7.97. The number of aromatic nitrogens is 2. The third-order valence-corrected chi connectivity index (χ3v) is 5.98. The molecule has 3 aromatic heterocycles. The van der Waals surface area contributed by atoms with E-state index < -0.39 is 11.6 Å². The molecule has 0 bridgehead atoms. The Kier molecular flexibility index (Phi) is 4.26. The number of fused-ring (bicyclic) bond motifs is 1. The van der Waals surface area contributed by atoms with E-state index in [0.29, 0.717) is 10.2 Å². The highest BCUT2D eigenvalue weighted by atomic mass is 32.1. The maximum atomic E-state index is 13.8. The van der Waals surface area contributed by atoms with Crippen LogP contribution in [0.4, 0.5) is 4.39 Å². The summed E-state index contributed by atoms with van der Waals surface area (Å²) in [6.45, 7) is 1.76. The fourth-order valence-corrected chi connectivity index (χ4v) is 4.63. The van der Waals surface area contributed by atoms with Crippen molar-refractivity contribution < 1.29 is 9.18 Å². The van der Waals surface area contributed by atoms with Gasteiger partial charge in [0, 0.05) is 20.7 Å². The van der Waals surface area contributed by atoms with Crippen LogP contribution in [0.5, 0.6) is 0 Å². The molecular formula is C19H13FN2O2S2. The minimum atomic E-state index is -0.593. The van der Waals surface area contributed by atoms with Gasteiger partial charge in [0.25, 0.3) is 5.56 Å². The second-order valence-electron chi connectivity index (χ2n) is 5.82. The largest absolute Gasteiger partial charge is 0.292 e. The van der Waals surface area contributed by atoms with Crippen molar-refractivity contribution in [2.75, 3.05) is 0 Å². The van der Waals surface area contributed by atoms with E-state index in [1.54, 1.807) is 17.4 Å². The van der Waals surface area contributed by atoms with Gasteiger partial charge in [0.1, 0.15) is 10.6 Å². The van der Waals surface area contributed by atoms with Gasteiger partial charge in [0.05, 0.1) is 23.8 Å². The van der Waals surface area contributed by atoms with Gasteiger partial charge < -0.3 is 0 Å². The van der Waals surface area contributed by atoms with Gasteiger partial charge in [-0.1, -0.05) is 12.1 Å². The molecule has 0 aliphatic heterocycles. The third-order valence-electron chi connectivity index (χ3n) is 4.05. The molecule has 26 heavy (non-hydrogen) atoms. The van der Waals surface area contributed by atoms with Gasteiger partial charge in [-0.05, 0) is 31.2 Å². The molecule has 4 nitrogen and oxygen atoms in total. The highest BCUT2D eigenvalue weighted by Crippen LogP contribution is 2.34. The molecule has 0 atom stereocenters. The van der Waals surface area contributed by atoms with Gasteiger partial charge in [-0.25, -0.2) is 9.37 Å². The summed E-state index contributed by atoms with van der Waals surface area (Å²) in [6, 6.07) is 9.73. The van der Waals surface area contributed by atoms with E-state index >= 15 is 0 Å². The number of thiophene rings is 2. The minimum Gasteiger partial charge on any atom is -0.292 e. The van der Waals surface area contributed by atoms with Gasteiger partial charge in [0.2, 0.25) is 0 Å². The van der Waals surface area contributed by atoms with Crippen LogP contribution in [0.1, 0.15) is 15.2 Å². The number of benzene rings is 1. The number of carbonyl (C=O) groups excluding carboxylic acids is 1. The topological polar surface area (TPSA) is 52.0 Å². The molecule has 7 heteroatoms. The molecule has 3 heterocycles. The lowest BCUT2D eigenvalue weighted by atomic mass is 10.1. The van der Waals surface area contributed by atoms with Crippen molar-refractivity contribution in [1.82, 2.24) is 9.55 Å². The van der Waals surface area contributed by atoms with Crippen molar-refractivity contribution in [2.45, 2.75) is 13.5 Å². The molecule has 0 fully saturated rings. The van der Waals surface area contributed by atoms with Gasteiger partial charge in [-0.3, -0.25) is 14.2 Å². The number of halogens is 1. The highest BCUT2D eigenvalue weighted by molar-refractivity contribution is 7.19. The lowest BCUT2D eigenvalue weighted by Gasteiger charge is -2.06. The van der Waals surface area contributed by atoms with Crippen LogP contribution in [0.25, 0.3) is 20.7 Å². The minimum absolute atomic E-state index is 0.0288. The van der Waals surface area contributed by atoms with Gasteiger partial charge >= 0.3 is 0 Å². The van der Waals surface area contributed by atoms with Gasteiger partial charge in [-0.2, -0.15) is 0 Å². The van der Waals surface area contributed by atoms with Crippen LogP contribution in [0.3, 0.4) is 0 Å². The number of aryl methyl sites for hydroxylation is 1. The lowest BCUT2D eigenvalue weighted by molar-refractivity contribution is 0.0966. The Morgan fingerprint density at radius 1 is 1.23 bits per heavy atom. The summed E-state index contributed by atoms with van der Waals surface area (Å²) in [5.74, 6) is -1.06. The average Bonchev–Trinajstić information content (AvgIpc) is 3.24. The SMILES string of the molecule is Cc1ccc(-c2csc3ncn(CC(=O)c4ccccc4F)c(=O)c23)s1. The number of ketones is 1. The Hall–Kier alpha value is -2.64. The monoisotopic (exact) mass is 384 g/mol. The van der Waals surface area contributed by atoms with E-state index in [2.05, 4.69) is 4.98 Å². The van der Waals surface area contributed by atoms with Crippen molar-refractivity contribution in [1.29, 1.82) is 0 Å². The Morgan fingerprint density at radius 3 is 2.77 bits per heavy atom. The van der Waals surface area contributed by atoms with E-state index in [-0.39, 0.29) is 17.7 Å². The summed E-state index contributed by atoms with van der Waals surface area (Å²) in [4.78, 5) is 32.4. The Morgan fingerprint density at radius 2 is 2.04 bits per heavy atom. The van der Waals surface area contributed by atoms with Crippen LogP contribution in [0.15, 0.2) is 52.9 Å². The van der Waals surface area contributed by atoms with E-state index in [4.69, 9.17) is 0 Å². The van der Waals surface area contributed by atoms with Crippen LogP contribution in [0, 0.1) is 12.7 Å². The predicted octanol–water partition coefficient (Wildman–Crippen LogP) is 4.52. The van der Waals surface area contributed by atoms with E-state index in [9.17, 15) is 14.0 Å². The van der Waals surface area contributed by atoms with Crippen molar-refractivity contribution in [3.63, 3.8) is 0 Å². The number of hydrogen-bond donors (Lipinski definition) is 0. The fraction of sp³-hybridized carbons (Fsp3) is 0.105. The highest BCUT2D eigenvalue weighted by Gasteiger charge is 2.17. The first-order valence-corrected chi connectivity index (χ1v) is 9.55. The number of carbonyl (C=O) groups is 1. The molecule has 0 aliphatic carbocycles. The molecule has 0 spiro atoms. The first-order chi connectivity index (χ1) is 12.5.